The van der Waals surface area contributed by atoms with Gasteiger partial charge in [0, 0.05) is 25.3 Å². The van der Waals surface area contributed by atoms with Gasteiger partial charge < -0.3 is 10.6 Å². The van der Waals surface area contributed by atoms with Crippen molar-refractivity contribution in [3.63, 3.8) is 0 Å². The number of hydrogen-bond acceptors (Lipinski definition) is 4. The summed E-state index contributed by atoms with van der Waals surface area (Å²) in [6.07, 6.45) is 4.62. The van der Waals surface area contributed by atoms with Gasteiger partial charge >= 0.3 is 0 Å². The first-order valence-electron chi connectivity index (χ1n) is 5.50. The Balaban J connectivity index is 2.91. The summed E-state index contributed by atoms with van der Waals surface area (Å²) in [6.45, 7) is 7.88. The first kappa shape index (κ1) is 11.9. The van der Waals surface area contributed by atoms with E-state index in [1.165, 1.54) is 0 Å². The molecule has 2 N–H and O–H groups in total. The van der Waals surface area contributed by atoms with Crippen molar-refractivity contribution < 1.29 is 0 Å². The molecule has 0 aliphatic heterocycles. The second-order valence-electron chi connectivity index (χ2n) is 3.62. The van der Waals surface area contributed by atoms with Crippen LogP contribution < -0.4 is 10.6 Å². The Hall–Kier alpha value is -1.16. The highest BCUT2D eigenvalue weighted by Gasteiger charge is 2.12. The van der Waals surface area contributed by atoms with E-state index in [4.69, 9.17) is 5.73 Å². The molecule has 0 fully saturated rings. The number of nitrogens with zero attached hydrogens (tertiary/aromatic N) is 3. The van der Waals surface area contributed by atoms with Gasteiger partial charge in [-0.1, -0.05) is 6.92 Å². The zero-order valence-electron chi connectivity index (χ0n) is 9.77. The molecule has 0 amide bonds. The van der Waals surface area contributed by atoms with Gasteiger partial charge in [-0.3, -0.25) is 4.98 Å². The molecule has 4 nitrogen and oxygen atoms in total. The largest absolute Gasteiger partial charge is 0.353 e. The first-order chi connectivity index (χ1) is 7.22. The molecule has 0 saturated heterocycles. The van der Waals surface area contributed by atoms with Crippen molar-refractivity contribution in [1.82, 2.24) is 9.97 Å². The number of aromatic nitrogens is 2. The highest BCUT2D eigenvalue weighted by Crippen LogP contribution is 2.14. The maximum Gasteiger partial charge on any atom is 0.147 e. The predicted octanol–water partition coefficient (Wildman–Crippen LogP) is 1.56. The molecule has 1 unspecified atom stereocenters. The van der Waals surface area contributed by atoms with Crippen molar-refractivity contribution in [1.29, 1.82) is 0 Å². The van der Waals surface area contributed by atoms with E-state index >= 15 is 0 Å². The van der Waals surface area contributed by atoms with Crippen molar-refractivity contribution in [2.24, 2.45) is 5.73 Å². The molecule has 0 spiro atoms. The summed E-state index contributed by atoms with van der Waals surface area (Å²) in [6, 6.07) is 0.484. The van der Waals surface area contributed by atoms with Gasteiger partial charge in [0.2, 0.25) is 0 Å². The van der Waals surface area contributed by atoms with E-state index in [0.29, 0.717) is 12.6 Å². The number of anilines is 1. The predicted molar refractivity (Wildman–Crippen MR) is 62.7 cm³/mol. The van der Waals surface area contributed by atoms with Gasteiger partial charge in [0.1, 0.15) is 5.82 Å². The summed E-state index contributed by atoms with van der Waals surface area (Å²) >= 11 is 0. The summed E-state index contributed by atoms with van der Waals surface area (Å²) in [5.41, 5.74) is 6.39. The van der Waals surface area contributed by atoms with Crippen LogP contribution >= 0.6 is 0 Å². The quantitative estimate of drug-likeness (QED) is 0.798. The van der Waals surface area contributed by atoms with Crippen molar-refractivity contribution >= 4 is 5.82 Å². The van der Waals surface area contributed by atoms with Crippen molar-refractivity contribution in [2.45, 2.75) is 39.8 Å². The minimum absolute atomic E-state index is 0.443. The second kappa shape index (κ2) is 5.66. The monoisotopic (exact) mass is 208 g/mol. The fraction of sp³-hybridized carbons (Fsp3) is 0.636. The molecule has 0 radical (unpaired) electrons. The average molecular weight is 208 g/mol. The van der Waals surface area contributed by atoms with Crippen LogP contribution in [0.25, 0.3) is 0 Å². The van der Waals surface area contributed by atoms with E-state index < -0.39 is 0 Å². The molecule has 0 aromatic carbocycles. The molecule has 1 rings (SSSR count). The molecule has 0 saturated carbocycles. The molecular formula is C11H20N4. The molecule has 84 valence electrons. The van der Waals surface area contributed by atoms with Gasteiger partial charge in [0.05, 0.1) is 11.9 Å². The fourth-order valence-corrected chi connectivity index (χ4v) is 1.55. The highest BCUT2D eigenvalue weighted by molar-refractivity contribution is 5.37. The molecule has 1 atom stereocenters. The Kier molecular flexibility index (Phi) is 4.49. The van der Waals surface area contributed by atoms with E-state index in [0.717, 1.165) is 24.5 Å². The van der Waals surface area contributed by atoms with E-state index in [-0.39, 0.29) is 0 Å². The summed E-state index contributed by atoms with van der Waals surface area (Å²) < 4.78 is 0. The van der Waals surface area contributed by atoms with Crippen LogP contribution in [0.2, 0.25) is 0 Å². The van der Waals surface area contributed by atoms with Gasteiger partial charge in [0.15, 0.2) is 0 Å². The van der Waals surface area contributed by atoms with Gasteiger partial charge in [-0.2, -0.15) is 0 Å². The van der Waals surface area contributed by atoms with Crippen LogP contribution in [-0.2, 0) is 6.54 Å². The van der Waals surface area contributed by atoms with E-state index in [1.54, 1.807) is 12.4 Å². The van der Waals surface area contributed by atoms with Crippen LogP contribution in [0.4, 0.5) is 5.82 Å². The third kappa shape index (κ3) is 2.89. The molecule has 1 aromatic heterocycles. The third-order valence-corrected chi connectivity index (χ3v) is 2.64. The van der Waals surface area contributed by atoms with Gasteiger partial charge in [-0.15, -0.1) is 0 Å². The lowest BCUT2D eigenvalue weighted by molar-refractivity contribution is 0.620. The second-order valence-corrected chi connectivity index (χ2v) is 3.62. The zero-order valence-corrected chi connectivity index (χ0v) is 9.77. The Bertz CT molecular complexity index is 300. The Morgan fingerprint density at radius 1 is 1.40 bits per heavy atom. The fourth-order valence-electron chi connectivity index (χ4n) is 1.55. The molecular weight excluding hydrogens is 188 g/mol. The molecule has 4 heteroatoms. The van der Waals surface area contributed by atoms with Crippen molar-refractivity contribution in [3.05, 3.63) is 18.1 Å². The topological polar surface area (TPSA) is 55.0 Å². The van der Waals surface area contributed by atoms with Gasteiger partial charge in [-0.25, -0.2) is 4.98 Å². The molecule has 15 heavy (non-hydrogen) atoms. The lowest BCUT2D eigenvalue weighted by atomic mass is 10.2. The molecule has 0 aliphatic carbocycles. The Labute approximate surface area is 91.5 Å². The molecule has 1 heterocycles. The van der Waals surface area contributed by atoms with E-state index in [9.17, 15) is 0 Å². The van der Waals surface area contributed by atoms with Crippen molar-refractivity contribution in [2.75, 3.05) is 11.4 Å². The zero-order chi connectivity index (χ0) is 11.3. The van der Waals surface area contributed by atoms with Crippen LogP contribution in [0.1, 0.15) is 32.9 Å². The van der Waals surface area contributed by atoms with E-state index in [2.05, 4.69) is 35.6 Å². The molecule has 0 aliphatic rings. The first-order valence-corrected chi connectivity index (χ1v) is 5.50. The number of rotatable bonds is 5. The smallest absolute Gasteiger partial charge is 0.147 e. The minimum atomic E-state index is 0.443. The van der Waals surface area contributed by atoms with Crippen molar-refractivity contribution in [3.8, 4) is 0 Å². The normalized spacial score (nSPS) is 12.5. The highest BCUT2D eigenvalue weighted by atomic mass is 15.2. The lowest BCUT2D eigenvalue weighted by Gasteiger charge is -2.28. The summed E-state index contributed by atoms with van der Waals surface area (Å²) in [7, 11) is 0. The van der Waals surface area contributed by atoms with Crippen LogP contribution in [0.3, 0.4) is 0 Å². The van der Waals surface area contributed by atoms with Gasteiger partial charge in [0.25, 0.3) is 0 Å². The maximum atomic E-state index is 5.55. The Morgan fingerprint density at radius 3 is 2.67 bits per heavy atom. The van der Waals surface area contributed by atoms with Gasteiger partial charge in [-0.05, 0) is 20.3 Å². The van der Waals surface area contributed by atoms with Crippen LogP contribution in [-0.4, -0.2) is 22.6 Å². The summed E-state index contributed by atoms with van der Waals surface area (Å²) in [5.74, 6) is 0.926. The number of nitrogens with two attached hydrogens (primary N) is 1. The number of hydrogen-bond donors (Lipinski definition) is 1. The maximum absolute atomic E-state index is 5.55. The molecule has 0 bridgehead atoms. The standard InChI is InChI=1S/C11H20N4/c1-4-9(3)15(5-2)11-8-13-7-10(6-12)14-11/h7-9H,4-6,12H2,1-3H3. The van der Waals surface area contributed by atoms with E-state index in [1.807, 2.05) is 0 Å². The minimum Gasteiger partial charge on any atom is -0.353 e. The average Bonchev–Trinajstić information content (AvgIpc) is 2.30. The summed E-state index contributed by atoms with van der Waals surface area (Å²) in [5, 5.41) is 0. The Morgan fingerprint density at radius 2 is 2.13 bits per heavy atom. The van der Waals surface area contributed by atoms with Crippen LogP contribution in [0.5, 0.6) is 0 Å². The third-order valence-electron chi connectivity index (χ3n) is 2.64. The van der Waals surface area contributed by atoms with Crippen LogP contribution in [0, 0.1) is 0 Å². The SMILES string of the molecule is CCC(C)N(CC)c1cncc(CN)n1. The van der Waals surface area contributed by atoms with Crippen LogP contribution in [0.15, 0.2) is 12.4 Å². The lowest BCUT2D eigenvalue weighted by Crippen LogP contribution is -2.33. The summed E-state index contributed by atoms with van der Waals surface area (Å²) in [4.78, 5) is 10.9. The molecule has 1 aromatic rings.